The van der Waals surface area contributed by atoms with Crippen LogP contribution < -0.4 is 0 Å². The number of halogens is 4. The Labute approximate surface area is 123 Å². The topological polar surface area (TPSA) is 17.1 Å². The second-order valence-corrected chi connectivity index (χ2v) is 7.95. The number of benzene rings is 1. The van der Waals surface area contributed by atoms with Crippen LogP contribution in [0.1, 0.15) is 10.4 Å². The molecule has 0 heterocycles. The largest absolute Gasteiger partial charge is 0.296 e. The molecule has 2 unspecified atom stereocenters. The van der Waals surface area contributed by atoms with Crippen molar-refractivity contribution in [3.05, 3.63) is 35.9 Å². The zero-order chi connectivity index (χ0) is 11.4. The van der Waals surface area contributed by atoms with E-state index in [1.165, 1.54) is 0 Å². The average molecular weight is 464 g/mol. The van der Waals surface area contributed by atoms with E-state index >= 15 is 0 Å². The third-order valence-corrected chi connectivity index (χ3v) is 5.51. The predicted molar refractivity (Wildman–Crippen MR) is 77.5 cm³/mol. The number of ketones is 1. The Bertz CT molecular complexity index is 325. The lowest BCUT2D eigenvalue weighted by atomic mass is 10.1. The monoisotopic (exact) mass is 460 g/mol. The third kappa shape index (κ3) is 3.95. The number of carbonyl (C=O) groups excluding carboxylic acids is 1. The number of alkyl halides is 4. The number of carbonyl (C=O) groups is 1. The van der Waals surface area contributed by atoms with E-state index in [9.17, 15) is 4.79 Å². The van der Waals surface area contributed by atoms with Crippen molar-refractivity contribution in [2.24, 2.45) is 0 Å². The van der Waals surface area contributed by atoms with Crippen LogP contribution in [0.2, 0.25) is 0 Å². The van der Waals surface area contributed by atoms with E-state index in [1.54, 1.807) is 0 Å². The molecule has 0 aliphatic rings. The van der Waals surface area contributed by atoms with Crippen LogP contribution in [0.5, 0.6) is 0 Å². The molecule has 0 saturated heterocycles. The molecular formula is C10H8Br4O. The first-order valence-corrected chi connectivity index (χ1v) is 7.85. The van der Waals surface area contributed by atoms with Crippen molar-refractivity contribution >= 4 is 69.5 Å². The Kier molecular flexibility index (Phi) is 6.03. The molecule has 82 valence electrons. The van der Waals surface area contributed by atoms with Gasteiger partial charge >= 0.3 is 0 Å². The molecule has 0 amide bonds. The second-order valence-electron chi connectivity index (χ2n) is 2.92. The van der Waals surface area contributed by atoms with Crippen LogP contribution in [0.3, 0.4) is 0 Å². The van der Waals surface area contributed by atoms with Crippen molar-refractivity contribution in [1.29, 1.82) is 0 Å². The molecule has 15 heavy (non-hydrogen) atoms. The fourth-order valence-electron chi connectivity index (χ4n) is 1.07. The number of hydrogen-bond acceptors (Lipinski definition) is 1. The normalized spacial score (nSPS) is 15.0. The van der Waals surface area contributed by atoms with Gasteiger partial charge in [0.05, 0.1) is 9.65 Å². The molecule has 5 heteroatoms. The molecule has 2 atom stereocenters. The van der Waals surface area contributed by atoms with Crippen molar-refractivity contribution in [2.45, 2.75) is 13.4 Å². The Morgan fingerprint density at radius 2 is 1.53 bits per heavy atom. The smallest absolute Gasteiger partial charge is 0.172 e. The van der Waals surface area contributed by atoms with Gasteiger partial charge in [-0.3, -0.25) is 4.79 Å². The van der Waals surface area contributed by atoms with E-state index in [4.69, 9.17) is 0 Å². The van der Waals surface area contributed by atoms with Gasteiger partial charge < -0.3 is 0 Å². The summed E-state index contributed by atoms with van der Waals surface area (Å²) in [6.45, 7) is 0. The molecule has 1 nitrogen and oxygen atoms in total. The van der Waals surface area contributed by atoms with Crippen molar-refractivity contribution < 1.29 is 4.79 Å². The quantitative estimate of drug-likeness (QED) is 0.598. The van der Waals surface area contributed by atoms with Crippen LogP contribution in [-0.4, -0.2) is 14.3 Å². The zero-order valence-electron chi connectivity index (χ0n) is 7.54. The van der Waals surface area contributed by atoms with E-state index in [0.29, 0.717) is 0 Å². The lowest BCUT2D eigenvalue weighted by Gasteiger charge is -2.16. The van der Waals surface area contributed by atoms with Gasteiger partial charge in [-0.25, -0.2) is 0 Å². The summed E-state index contributed by atoms with van der Waals surface area (Å²) in [5.41, 5.74) is 1.08. The lowest BCUT2D eigenvalue weighted by molar-refractivity contribution is -0.116. The SMILES string of the molecule is O=C(C(Br)Br)C(Br)C(Br)c1ccccc1. The van der Waals surface area contributed by atoms with Gasteiger partial charge in [-0.2, -0.15) is 0 Å². The summed E-state index contributed by atoms with van der Waals surface area (Å²) in [6, 6.07) is 9.82. The summed E-state index contributed by atoms with van der Waals surface area (Å²) in [4.78, 5) is 11.4. The molecule has 1 aromatic rings. The van der Waals surface area contributed by atoms with Crippen LogP contribution in [0.25, 0.3) is 0 Å². The van der Waals surface area contributed by atoms with E-state index in [-0.39, 0.29) is 19.2 Å². The number of rotatable bonds is 4. The number of Topliss-reactive ketones (excluding diaryl/α,β-unsaturated/α-hetero) is 1. The first-order valence-electron chi connectivity index (χ1n) is 4.19. The highest BCUT2D eigenvalue weighted by Crippen LogP contribution is 2.33. The van der Waals surface area contributed by atoms with E-state index in [1.807, 2.05) is 30.3 Å². The minimum absolute atomic E-state index is 0.0243. The highest BCUT2D eigenvalue weighted by atomic mass is 79.9. The summed E-state index contributed by atoms with van der Waals surface area (Å²) in [5, 5.41) is 0. The lowest BCUT2D eigenvalue weighted by Crippen LogP contribution is -2.23. The van der Waals surface area contributed by atoms with Crippen molar-refractivity contribution in [1.82, 2.24) is 0 Å². The van der Waals surface area contributed by atoms with Crippen LogP contribution in [0.15, 0.2) is 30.3 Å². The first-order chi connectivity index (χ1) is 7.04. The average Bonchev–Trinajstić information content (AvgIpc) is 2.27. The van der Waals surface area contributed by atoms with E-state index in [2.05, 4.69) is 63.7 Å². The minimum atomic E-state index is -0.321. The maximum Gasteiger partial charge on any atom is 0.172 e. The molecule has 0 aliphatic carbocycles. The van der Waals surface area contributed by atoms with Gasteiger partial charge in [0, 0.05) is 0 Å². The summed E-state index contributed by atoms with van der Waals surface area (Å²) in [5.74, 6) is 0.0562. The summed E-state index contributed by atoms with van der Waals surface area (Å²) in [7, 11) is 0. The standard InChI is InChI=1S/C10H8Br4O/c11-7(6-4-2-1-3-5-6)8(12)9(15)10(13)14/h1-5,7-8,10H. The highest BCUT2D eigenvalue weighted by Gasteiger charge is 2.27. The molecule has 0 radical (unpaired) electrons. The van der Waals surface area contributed by atoms with Gasteiger partial charge in [-0.05, 0) is 5.56 Å². The molecule has 0 spiro atoms. The molecule has 0 aromatic heterocycles. The fraction of sp³-hybridized carbons (Fsp3) is 0.300. The molecular weight excluding hydrogens is 456 g/mol. The van der Waals surface area contributed by atoms with Crippen molar-refractivity contribution in [3.8, 4) is 0 Å². The summed E-state index contributed by atoms with van der Waals surface area (Å²) >= 11 is 13.3. The summed E-state index contributed by atoms with van der Waals surface area (Å²) in [6.07, 6.45) is 0. The second kappa shape index (κ2) is 6.52. The minimum Gasteiger partial charge on any atom is -0.296 e. The van der Waals surface area contributed by atoms with Crippen LogP contribution >= 0.6 is 63.7 Å². The Morgan fingerprint density at radius 3 is 2.00 bits per heavy atom. The van der Waals surface area contributed by atoms with Crippen LogP contribution in [-0.2, 0) is 4.79 Å². The first kappa shape index (κ1) is 13.9. The van der Waals surface area contributed by atoms with Gasteiger partial charge in [-0.15, -0.1) is 0 Å². The van der Waals surface area contributed by atoms with Gasteiger partial charge in [-0.1, -0.05) is 94.1 Å². The van der Waals surface area contributed by atoms with E-state index in [0.717, 1.165) is 5.56 Å². The predicted octanol–water partition coefficient (Wildman–Crippen LogP) is 4.57. The Balaban J connectivity index is 2.77. The van der Waals surface area contributed by atoms with Gasteiger partial charge in [0.1, 0.15) is 3.74 Å². The Morgan fingerprint density at radius 1 is 1.00 bits per heavy atom. The van der Waals surface area contributed by atoms with Gasteiger partial charge in [0.2, 0.25) is 0 Å². The van der Waals surface area contributed by atoms with Crippen LogP contribution in [0.4, 0.5) is 0 Å². The zero-order valence-corrected chi connectivity index (χ0v) is 13.9. The van der Waals surface area contributed by atoms with Crippen molar-refractivity contribution in [3.63, 3.8) is 0 Å². The molecule has 0 saturated carbocycles. The van der Waals surface area contributed by atoms with Crippen molar-refractivity contribution in [2.75, 3.05) is 0 Å². The van der Waals surface area contributed by atoms with Crippen LogP contribution in [0, 0.1) is 0 Å². The molecule has 0 aliphatic heterocycles. The van der Waals surface area contributed by atoms with E-state index < -0.39 is 0 Å². The fourth-order valence-corrected chi connectivity index (χ4v) is 3.48. The third-order valence-electron chi connectivity index (χ3n) is 1.86. The summed E-state index contributed by atoms with van der Waals surface area (Å²) < 4.78 is -0.321. The number of hydrogen-bond donors (Lipinski definition) is 0. The van der Waals surface area contributed by atoms with Gasteiger partial charge in [0.15, 0.2) is 5.78 Å². The molecule has 1 aromatic carbocycles. The maximum absolute atomic E-state index is 11.7. The highest BCUT2D eigenvalue weighted by molar-refractivity contribution is 9.25. The molecule has 0 bridgehead atoms. The molecule has 0 N–H and O–H groups in total. The Hall–Kier alpha value is 0.810. The molecule has 0 fully saturated rings. The maximum atomic E-state index is 11.7. The van der Waals surface area contributed by atoms with Gasteiger partial charge in [0.25, 0.3) is 0 Å². The molecule has 1 rings (SSSR count).